The Morgan fingerprint density at radius 1 is 0.953 bits per heavy atom. The van der Waals surface area contributed by atoms with Crippen molar-refractivity contribution in [2.45, 2.75) is 101 Å². The maximum Gasteiger partial charge on any atom is 0.161 e. The molecule has 3 heterocycles. The third-order valence-corrected chi connectivity index (χ3v) is 16.1. The first-order valence-corrected chi connectivity index (χ1v) is 25.5. The molecule has 1 saturated heterocycles. The van der Waals surface area contributed by atoms with Gasteiger partial charge in [-0.25, -0.2) is 0 Å². The maximum absolute atomic E-state index is 12.0. The van der Waals surface area contributed by atoms with Crippen molar-refractivity contribution in [2.24, 2.45) is 41.2 Å². The molecule has 0 spiro atoms. The quantitative estimate of drug-likeness (QED) is 0.0597. The van der Waals surface area contributed by atoms with Crippen LogP contribution in [0, 0.1) is 47.3 Å². The van der Waals surface area contributed by atoms with E-state index in [0.717, 1.165) is 35.2 Å². The molecule has 2 aliphatic carbocycles. The van der Waals surface area contributed by atoms with Gasteiger partial charge in [-0.3, -0.25) is 0 Å². The predicted molar refractivity (Wildman–Crippen MR) is 257 cm³/mol. The van der Waals surface area contributed by atoms with Crippen molar-refractivity contribution in [1.29, 1.82) is 0 Å². The van der Waals surface area contributed by atoms with Crippen LogP contribution in [0.3, 0.4) is 0 Å². The monoisotopic (exact) mass is 912 g/mol. The van der Waals surface area contributed by atoms with Crippen LogP contribution in [0.4, 0.5) is 0 Å². The summed E-state index contributed by atoms with van der Waals surface area (Å²) in [4.78, 5) is 3.34. The molecule has 11 nitrogen and oxygen atoms in total. The Labute approximate surface area is 386 Å². The van der Waals surface area contributed by atoms with E-state index in [0.29, 0.717) is 62.5 Å². The third-order valence-electron chi connectivity index (χ3n) is 13.7. The summed E-state index contributed by atoms with van der Waals surface area (Å²) in [5, 5.41) is 74.8. The number of nitrogens with two attached hydrogens (primary N) is 1. The van der Waals surface area contributed by atoms with Crippen LogP contribution < -0.4 is 21.1 Å². The smallest absolute Gasteiger partial charge is 0.161 e. The number of dihydropyridines is 1. The number of aromatic hydroxyl groups is 1. The second kappa shape index (κ2) is 23.1. The Bertz CT molecular complexity index is 2100. The predicted octanol–water partition coefficient (Wildman–Crippen LogP) is 5.80. The number of nitrogens with one attached hydrogen (secondary N) is 3. The molecule has 0 amide bonds. The molecular formula is C51H68N4O7S2. The average Bonchev–Trinajstić information content (AvgIpc) is 3.73. The van der Waals surface area contributed by atoms with Gasteiger partial charge >= 0.3 is 0 Å². The van der Waals surface area contributed by atoms with Gasteiger partial charge in [-0.15, -0.1) is 0 Å². The minimum absolute atomic E-state index is 0.0386. The summed E-state index contributed by atoms with van der Waals surface area (Å²) in [5.74, 6) is 7.61. The highest BCUT2D eigenvalue weighted by Gasteiger charge is 2.39. The molecule has 1 fully saturated rings. The molecule has 3 aromatic rings. The van der Waals surface area contributed by atoms with Gasteiger partial charge in [-0.05, 0) is 105 Å². The molecule has 1 aromatic heterocycles. The van der Waals surface area contributed by atoms with E-state index in [2.05, 4.69) is 70.8 Å². The molecule has 64 heavy (non-hydrogen) atoms. The molecule has 7 rings (SSSR count). The number of aromatic nitrogens is 1. The fourth-order valence-corrected chi connectivity index (χ4v) is 12.5. The number of rotatable bonds is 12. The van der Waals surface area contributed by atoms with Crippen molar-refractivity contribution >= 4 is 21.6 Å². The fraction of sp³-hybridized carbons (Fsp3) is 0.529. The van der Waals surface area contributed by atoms with Crippen molar-refractivity contribution in [2.75, 3.05) is 31.2 Å². The molecular weight excluding hydrogens is 845 g/mol. The Hall–Kier alpha value is -3.84. The van der Waals surface area contributed by atoms with E-state index in [1.165, 1.54) is 5.56 Å². The highest BCUT2D eigenvalue weighted by atomic mass is 33.1. The van der Waals surface area contributed by atoms with Crippen LogP contribution in [0.5, 0.6) is 11.5 Å². The van der Waals surface area contributed by atoms with Crippen molar-refractivity contribution < 1.29 is 35.4 Å². The van der Waals surface area contributed by atoms with Gasteiger partial charge in [-0.2, -0.15) is 0 Å². The fourth-order valence-electron chi connectivity index (χ4n) is 9.95. The van der Waals surface area contributed by atoms with Gasteiger partial charge < -0.3 is 56.7 Å². The normalized spacial score (nSPS) is 31.3. The average molecular weight is 913 g/mol. The summed E-state index contributed by atoms with van der Waals surface area (Å²) < 4.78 is 6.74. The number of hydrogen-bond acceptors (Lipinski definition) is 12. The summed E-state index contributed by atoms with van der Waals surface area (Å²) in [6.07, 6.45) is 8.29. The minimum atomic E-state index is -1.05. The van der Waals surface area contributed by atoms with Crippen LogP contribution in [-0.4, -0.2) is 103 Å². The zero-order chi connectivity index (χ0) is 45.2. The van der Waals surface area contributed by atoms with Crippen LogP contribution in [0.25, 0.3) is 0 Å². The zero-order valence-electron chi connectivity index (χ0n) is 37.1. The summed E-state index contributed by atoms with van der Waals surface area (Å²) in [7, 11) is 3.23. The standard InChI is InChI=1S/C51H68N4O7S2/c1-31(21-33-7-4-3-5-8-33)35-12-10-34-11-13-36(24-46(60)49(34)45(59)17-15-41(22-35)55-27-32(2)57)37-14-16-44(58)47(25-37)62-48-26-38(23-40-9-6-19-53-40)42-18-20-54-51(52)43(42)30-64-63-29-39(28-56)50(48)61/h3-9,11,13-14,16,18-19,25,31-32,34-36,38-39,41,45-46,48-50,53-61H,15,17,20-24,26-30,52H2,1-2H3/t31-,32+,34+,35+,36-,38-,39+,41+,45+,46-,48+,49-,50+/m1/s1. The number of aromatic amines is 1. The molecule has 2 aliphatic heterocycles. The van der Waals surface area contributed by atoms with E-state index in [1.54, 1.807) is 40.6 Å². The van der Waals surface area contributed by atoms with Crippen molar-refractivity contribution in [1.82, 2.24) is 15.6 Å². The minimum Gasteiger partial charge on any atom is -0.504 e. The van der Waals surface area contributed by atoms with Gasteiger partial charge in [0.2, 0.25) is 0 Å². The van der Waals surface area contributed by atoms with Crippen LogP contribution in [0.1, 0.15) is 68.7 Å². The summed E-state index contributed by atoms with van der Waals surface area (Å²) in [6, 6.07) is 19.7. The second-order valence-electron chi connectivity index (χ2n) is 18.4. The Morgan fingerprint density at radius 2 is 1.78 bits per heavy atom. The molecule has 0 saturated carbocycles. The van der Waals surface area contributed by atoms with Crippen LogP contribution >= 0.6 is 21.6 Å². The highest BCUT2D eigenvalue weighted by Crippen LogP contribution is 2.42. The van der Waals surface area contributed by atoms with E-state index in [9.17, 15) is 30.6 Å². The number of allylic oxidation sites excluding steroid dienone is 3. The van der Waals surface area contributed by atoms with E-state index >= 15 is 0 Å². The Kier molecular flexibility index (Phi) is 17.3. The molecule has 13 atom stereocenters. The number of aliphatic hydroxyl groups excluding tert-OH is 5. The lowest BCUT2D eigenvalue weighted by Gasteiger charge is -2.34. The lowest BCUT2D eigenvalue weighted by atomic mass is 9.77. The number of benzene rings is 2. The van der Waals surface area contributed by atoms with Crippen molar-refractivity contribution in [3.8, 4) is 23.3 Å². The van der Waals surface area contributed by atoms with Gasteiger partial charge in [0.1, 0.15) is 11.9 Å². The lowest BCUT2D eigenvalue weighted by Crippen LogP contribution is -2.42. The number of H-pyrrole nitrogens is 1. The Morgan fingerprint density at radius 3 is 2.55 bits per heavy atom. The van der Waals surface area contributed by atoms with Crippen molar-refractivity contribution in [3.05, 3.63) is 119 Å². The summed E-state index contributed by atoms with van der Waals surface area (Å²) >= 11 is 0. The molecule has 346 valence electrons. The van der Waals surface area contributed by atoms with E-state index in [1.807, 2.05) is 36.5 Å². The number of fused-ring (bicyclic) bond motifs is 2. The van der Waals surface area contributed by atoms with Gasteiger partial charge in [-0.1, -0.05) is 95.0 Å². The molecule has 13 heteroatoms. The third kappa shape index (κ3) is 12.5. The molecule has 2 aromatic carbocycles. The number of hydrogen-bond donors (Lipinski definition) is 10. The highest BCUT2D eigenvalue weighted by molar-refractivity contribution is 8.76. The number of phenolic OH excluding ortho intramolecular Hbond substituents is 1. The number of aliphatic hydroxyl groups is 5. The summed E-state index contributed by atoms with van der Waals surface area (Å²) in [5.41, 5.74) is 11.8. The first kappa shape index (κ1) is 48.1. The summed E-state index contributed by atoms with van der Waals surface area (Å²) in [6.45, 7) is 4.81. The molecule has 0 radical (unpaired) electrons. The first-order chi connectivity index (χ1) is 31.0. The Balaban J connectivity index is 1.17. The van der Waals surface area contributed by atoms with E-state index in [4.69, 9.17) is 10.5 Å². The molecule has 0 bridgehead atoms. The van der Waals surface area contributed by atoms with Gasteiger partial charge in [0.15, 0.2) is 11.5 Å². The van der Waals surface area contributed by atoms with Crippen LogP contribution in [0.2, 0.25) is 0 Å². The molecule has 11 N–H and O–H groups in total. The zero-order valence-corrected chi connectivity index (χ0v) is 38.7. The van der Waals surface area contributed by atoms with Gasteiger partial charge in [0, 0.05) is 84.3 Å². The number of phenols is 1. The van der Waals surface area contributed by atoms with Crippen LogP contribution in [0.15, 0.2) is 102 Å². The SMILES string of the molecule is C[C@H](O)CN[C@H]1CC[C@H](O)[C@@H]2[C@H](O)C[C@H](c3ccc(O)c(O[C@H]4C[C@@H](Cc5ccc[nH]5)C5=CCNC(N)=C5CSSC[C@H](CO)[C@@H]4O)c3)C=C[C@@H]2C#C[C@H]([C@H](C)Cc2ccccc2)C1. The number of ether oxygens (including phenoxy) is 1. The van der Waals surface area contributed by atoms with Gasteiger partial charge in [0.25, 0.3) is 0 Å². The van der Waals surface area contributed by atoms with Gasteiger partial charge in [0.05, 0.1) is 24.4 Å². The van der Waals surface area contributed by atoms with Crippen molar-refractivity contribution in [3.63, 3.8) is 0 Å². The molecule has 0 unspecified atom stereocenters. The second-order valence-corrected chi connectivity index (χ2v) is 20.9. The first-order valence-electron chi connectivity index (χ1n) is 23.1. The lowest BCUT2D eigenvalue weighted by molar-refractivity contribution is -0.0214. The van der Waals surface area contributed by atoms with E-state index < -0.39 is 48.3 Å². The largest absolute Gasteiger partial charge is 0.504 e. The maximum atomic E-state index is 12.0. The molecule has 4 aliphatic rings. The topological polar surface area (TPSA) is 196 Å². The van der Waals surface area contributed by atoms with Crippen LogP contribution in [-0.2, 0) is 12.8 Å². The van der Waals surface area contributed by atoms with E-state index in [-0.39, 0.29) is 47.8 Å².